The van der Waals surface area contributed by atoms with Gasteiger partial charge in [0.2, 0.25) is 0 Å². The van der Waals surface area contributed by atoms with Crippen molar-refractivity contribution in [1.29, 1.82) is 0 Å². The second-order valence-electron chi connectivity index (χ2n) is 5.03. The first-order chi connectivity index (χ1) is 8.58. The molecular weight excluding hydrogens is 226 g/mol. The lowest BCUT2D eigenvalue weighted by Gasteiger charge is -2.25. The van der Waals surface area contributed by atoms with Crippen molar-refractivity contribution in [3.8, 4) is 0 Å². The van der Waals surface area contributed by atoms with Crippen LogP contribution in [0.1, 0.15) is 46.2 Å². The van der Waals surface area contributed by atoms with Crippen LogP contribution in [0.2, 0.25) is 0 Å². The van der Waals surface area contributed by atoms with Gasteiger partial charge in [0.1, 0.15) is 0 Å². The fourth-order valence-electron chi connectivity index (χ4n) is 1.87. The topological polar surface area (TPSA) is 39.1 Å². The highest BCUT2D eigenvalue weighted by atomic mass is 16.5. The van der Waals surface area contributed by atoms with Gasteiger partial charge in [-0.25, -0.2) is 0 Å². The lowest BCUT2D eigenvalue weighted by Crippen LogP contribution is -2.39. The van der Waals surface area contributed by atoms with E-state index in [1.165, 1.54) is 5.56 Å². The first kappa shape index (κ1) is 15.2. The van der Waals surface area contributed by atoms with Crippen LogP contribution in [0.4, 0.5) is 0 Å². The van der Waals surface area contributed by atoms with E-state index in [1.807, 2.05) is 17.8 Å². The van der Waals surface area contributed by atoms with Gasteiger partial charge in [-0.3, -0.25) is 4.68 Å². The summed E-state index contributed by atoms with van der Waals surface area (Å²) < 4.78 is 7.50. The van der Waals surface area contributed by atoms with Crippen molar-refractivity contribution in [2.75, 3.05) is 13.2 Å². The Balaban J connectivity index is 2.56. The van der Waals surface area contributed by atoms with Crippen LogP contribution in [-0.2, 0) is 11.3 Å². The van der Waals surface area contributed by atoms with Crippen molar-refractivity contribution in [3.63, 3.8) is 0 Å². The summed E-state index contributed by atoms with van der Waals surface area (Å²) in [6.07, 6.45) is 4.05. The molecule has 4 heteroatoms. The summed E-state index contributed by atoms with van der Waals surface area (Å²) in [6.45, 7) is 13.2. The van der Waals surface area contributed by atoms with Gasteiger partial charge in [0.05, 0.1) is 12.8 Å². The van der Waals surface area contributed by atoms with Gasteiger partial charge in [0, 0.05) is 37.0 Å². The lowest BCUT2D eigenvalue weighted by atomic mass is 10.0. The molecule has 104 valence electrons. The molecule has 0 radical (unpaired) electrons. The van der Waals surface area contributed by atoms with E-state index in [9.17, 15) is 0 Å². The minimum absolute atomic E-state index is 0.304. The number of hydrogen-bond acceptors (Lipinski definition) is 3. The van der Waals surface area contributed by atoms with E-state index in [0.717, 1.165) is 19.8 Å². The zero-order valence-corrected chi connectivity index (χ0v) is 12.3. The molecule has 0 spiro atoms. The Kier molecular flexibility index (Phi) is 6.36. The summed E-state index contributed by atoms with van der Waals surface area (Å²) in [7, 11) is 0. The molecule has 18 heavy (non-hydrogen) atoms. The van der Waals surface area contributed by atoms with Gasteiger partial charge >= 0.3 is 0 Å². The molecule has 0 fully saturated rings. The average Bonchev–Trinajstić information content (AvgIpc) is 2.82. The number of nitrogens with one attached hydrogen (secondary N) is 1. The van der Waals surface area contributed by atoms with Gasteiger partial charge in [-0.15, -0.1) is 0 Å². The molecule has 0 amide bonds. The Morgan fingerprint density at radius 3 is 2.56 bits per heavy atom. The maximum atomic E-state index is 5.54. The Hall–Kier alpha value is -0.870. The van der Waals surface area contributed by atoms with Gasteiger partial charge in [0.15, 0.2) is 0 Å². The second-order valence-corrected chi connectivity index (χ2v) is 5.03. The molecular formula is C14H27N3O. The second kappa shape index (κ2) is 7.54. The van der Waals surface area contributed by atoms with Crippen molar-refractivity contribution in [3.05, 3.63) is 18.0 Å². The molecule has 2 atom stereocenters. The number of aryl methyl sites for hydroxylation is 1. The molecule has 1 heterocycles. The molecule has 0 bridgehead atoms. The van der Waals surface area contributed by atoms with E-state index in [1.54, 1.807) is 0 Å². The summed E-state index contributed by atoms with van der Waals surface area (Å²) in [4.78, 5) is 0. The van der Waals surface area contributed by atoms with Crippen LogP contribution in [0, 0.1) is 5.92 Å². The van der Waals surface area contributed by atoms with Crippen molar-refractivity contribution in [2.24, 2.45) is 5.92 Å². The first-order valence-electron chi connectivity index (χ1n) is 6.94. The van der Waals surface area contributed by atoms with Crippen LogP contribution in [0.15, 0.2) is 12.4 Å². The van der Waals surface area contributed by atoms with E-state index in [0.29, 0.717) is 18.0 Å². The predicted octanol–water partition coefficient (Wildman–Crippen LogP) is 2.61. The first-order valence-corrected chi connectivity index (χ1v) is 6.94. The van der Waals surface area contributed by atoms with Gasteiger partial charge in [-0.1, -0.05) is 13.8 Å². The zero-order chi connectivity index (χ0) is 13.5. The lowest BCUT2D eigenvalue weighted by molar-refractivity contribution is 0.104. The molecule has 0 aliphatic heterocycles. The van der Waals surface area contributed by atoms with Crippen LogP contribution < -0.4 is 5.32 Å². The fraction of sp³-hybridized carbons (Fsp3) is 0.786. The smallest absolute Gasteiger partial charge is 0.0622 e. The number of ether oxygens (including phenoxy) is 1. The van der Waals surface area contributed by atoms with Crippen LogP contribution in [-0.4, -0.2) is 29.0 Å². The highest BCUT2D eigenvalue weighted by molar-refractivity contribution is 5.09. The largest absolute Gasteiger partial charge is 0.380 e. The Labute approximate surface area is 111 Å². The average molecular weight is 253 g/mol. The SMILES string of the molecule is CCOCC(NC(C)c1cnn(CC)c1)C(C)C. The summed E-state index contributed by atoms with van der Waals surface area (Å²) in [5.74, 6) is 0.556. The maximum absolute atomic E-state index is 5.54. The highest BCUT2D eigenvalue weighted by Gasteiger charge is 2.17. The van der Waals surface area contributed by atoms with E-state index in [-0.39, 0.29) is 0 Å². The Morgan fingerprint density at radius 1 is 1.33 bits per heavy atom. The van der Waals surface area contributed by atoms with Crippen molar-refractivity contribution in [2.45, 2.75) is 53.2 Å². The van der Waals surface area contributed by atoms with E-state index < -0.39 is 0 Å². The molecule has 4 nitrogen and oxygen atoms in total. The molecule has 0 aromatic carbocycles. The van der Waals surface area contributed by atoms with Crippen molar-refractivity contribution >= 4 is 0 Å². The number of rotatable bonds is 8. The van der Waals surface area contributed by atoms with Crippen LogP contribution >= 0.6 is 0 Å². The molecule has 2 unspecified atom stereocenters. The fourth-order valence-corrected chi connectivity index (χ4v) is 1.87. The maximum Gasteiger partial charge on any atom is 0.0622 e. The van der Waals surface area contributed by atoms with Crippen molar-refractivity contribution in [1.82, 2.24) is 15.1 Å². The molecule has 0 saturated heterocycles. The highest BCUT2D eigenvalue weighted by Crippen LogP contribution is 2.14. The standard InChI is InChI=1S/C14H27N3O/c1-6-17-9-13(8-15-17)12(5)16-14(11(3)4)10-18-7-2/h8-9,11-12,14,16H,6-7,10H2,1-5H3. The molecule has 1 N–H and O–H groups in total. The molecule has 1 aromatic rings. The van der Waals surface area contributed by atoms with Crippen molar-refractivity contribution < 1.29 is 4.74 Å². The summed E-state index contributed by atoms with van der Waals surface area (Å²) in [6, 6.07) is 0.683. The van der Waals surface area contributed by atoms with Gasteiger partial charge in [0.25, 0.3) is 0 Å². The van der Waals surface area contributed by atoms with E-state index in [2.05, 4.69) is 44.3 Å². The number of nitrogens with zero attached hydrogens (tertiary/aromatic N) is 2. The Bertz CT molecular complexity index is 336. The summed E-state index contributed by atoms with van der Waals surface area (Å²) in [5.41, 5.74) is 1.24. The summed E-state index contributed by atoms with van der Waals surface area (Å²) in [5, 5.41) is 7.94. The van der Waals surface area contributed by atoms with E-state index >= 15 is 0 Å². The molecule has 0 aliphatic rings. The molecule has 1 aromatic heterocycles. The van der Waals surface area contributed by atoms with Gasteiger partial charge < -0.3 is 10.1 Å². The summed E-state index contributed by atoms with van der Waals surface area (Å²) >= 11 is 0. The Morgan fingerprint density at radius 2 is 2.06 bits per heavy atom. The van der Waals surface area contributed by atoms with Gasteiger partial charge in [-0.05, 0) is 26.7 Å². The number of hydrogen-bond donors (Lipinski definition) is 1. The van der Waals surface area contributed by atoms with E-state index in [4.69, 9.17) is 4.74 Å². The minimum atomic E-state index is 0.304. The minimum Gasteiger partial charge on any atom is -0.380 e. The molecule has 1 rings (SSSR count). The van der Waals surface area contributed by atoms with Crippen LogP contribution in [0.25, 0.3) is 0 Å². The third-order valence-corrected chi connectivity index (χ3v) is 3.25. The monoisotopic (exact) mass is 253 g/mol. The number of aromatic nitrogens is 2. The predicted molar refractivity (Wildman–Crippen MR) is 74.6 cm³/mol. The van der Waals surface area contributed by atoms with Crippen LogP contribution in [0.3, 0.4) is 0 Å². The van der Waals surface area contributed by atoms with Crippen LogP contribution in [0.5, 0.6) is 0 Å². The molecule has 0 aliphatic carbocycles. The third-order valence-electron chi connectivity index (χ3n) is 3.25. The van der Waals surface area contributed by atoms with Gasteiger partial charge in [-0.2, -0.15) is 5.10 Å². The zero-order valence-electron chi connectivity index (χ0n) is 12.3. The molecule has 0 saturated carbocycles. The normalized spacial score (nSPS) is 15.0. The quantitative estimate of drug-likeness (QED) is 0.774. The third kappa shape index (κ3) is 4.42.